The summed E-state index contributed by atoms with van der Waals surface area (Å²) in [5.74, 6) is -6.15. The maximum absolute atomic E-state index is 14.3. The fraction of sp³-hybridized carbons (Fsp3) is 0.432. The number of unbranched alkanes of at least 4 members (excludes halogenated alkanes) is 1. The summed E-state index contributed by atoms with van der Waals surface area (Å²) >= 11 is 10.3. The quantitative estimate of drug-likeness (QED) is 0.0432. The largest absolute Gasteiger partial charge is 0.508 e. The monoisotopic (exact) mass is 911 g/mol. The zero-order valence-corrected chi connectivity index (χ0v) is 37.1. The highest BCUT2D eigenvalue weighted by Gasteiger charge is 2.35. The van der Waals surface area contributed by atoms with Crippen molar-refractivity contribution >= 4 is 65.6 Å². The average molecular weight is 913 g/mol. The molecule has 0 saturated carbocycles. The Hall–Kier alpha value is -5.85. The Bertz CT molecular complexity index is 2010. The third-order valence-electron chi connectivity index (χ3n) is 10.2. The Kier molecular flexibility index (Phi) is 21.2. The molecule has 63 heavy (non-hydrogen) atoms. The van der Waals surface area contributed by atoms with Crippen molar-refractivity contribution in [1.82, 2.24) is 31.9 Å². The first-order valence-electron chi connectivity index (χ1n) is 20.6. The number of nitrogens with one attached hydrogen (secondary N) is 6. The van der Waals surface area contributed by atoms with Gasteiger partial charge in [-0.1, -0.05) is 68.3 Å². The van der Waals surface area contributed by atoms with Crippen molar-refractivity contribution in [1.29, 1.82) is 0 Å². The van der Waals surface area contributed by atoms with Crippen molar-refractivity contribution in [3.63, 3.8) is 0 Å². The molecule has 3 rings (SSSR count). The molecule has 19 heteroatoms. The molecule has 11 N–H and O–H groups in total. The van der Waals surface area contributed by atoms with Crippen LogP contribution in [0, 0.1) is 5.92 Å². The predicted octanol–water partition coefficient (Wildman–Crippen LogP) is 1.90. The number of carboxylic acid groups (broad SMARTS) is 1. The van der Waals surface area contributed by atoms with Crippen LogP contribution in [-0.4, -0.2) is 105 Å². The fourth-order valence-corrected chi connectivity index (χ4v) is 6.83. The topological polar surface area (TPSA) is 278 Å². The number of amides is 6. The van der Waals surface area contributed by atoms with E-state index in [-0.39, 0.29) is 49.5 Å². The van der Waals surface area contributed by atoms with Crippen LogP contribution in [0.15, 0.2) is 72.8 Å². The van der Waals surface area contributed by atoms with Gasteiger partial charge in [0.2, 0.25) is 35.4 Å². The highest BCUT2D eigenvalue weighted by molar-refractivity contribution is 7.80. The molecule has 1 unspecified atom stereocenters. The molecule has 3 aromatic carbocycles. The molecule has 3 aromatic rings. The number of phenolic OH excluding ortho intramolecular Hbond substituents is 2. The van der Waals surface area contributed by atoms with Crippen molar-refractivity contribution in [3.8, 4) is 11.5 Å². The van der Waals surface area contributed by atoms with E-state index in [1.165, 1.54) is 43.3 Å². The van der Waals surface area contributed by atoms with Crippen LogP contribution in [0.3, 0.4) is 0 Å². The molecule has 7 atom stereocenters. The van der Waals surface area contributed by atoms with E-state index in [4.69, 9.17) is 17.3 Å². The van der Waals surface area contributed by atoms with Crippen molar-refractivity contribution in [2.45, 2.75) is 102 Å². The van der Waals surface area contributed by atoms with Crippen molar-refractivity contribution in [2.75, 3.05) is 12.3 Å². The molecule has 0 spiro atoms. The third-order valence-corrected chi connectivity index (χ3v) is 10.9. The third kappa shape index (κ3) is 17.4. The molecule has 342 valence electrons. The number of aromatic hydroxyl groups is 2. The summed E-state index contributed by atoms with van der Waals surface area (Å²) in [6.45, 7) is 5.06. The molecular weight excluding hydrogens is 854 g/mol. The SMILES string of the molecule is CCC(C)[C@H](NC(=O)[C@H](CS)NC(C)=O)C(=O)N[C@@H](Cc1ccc(O)cc1)C(=O)N[C@@H](CCCCN)C(=O)N[C@@H](Cc1ccc(Cl)cc1)C(=O)N[C@@H](Cc1ccc(O)cc1)C(=O)O. The van der Waals surface area contributed by atoms with Gasteiger partial charge in [-0.15, -0.1) is 0 Å². The molecule has 17 nitrogen and oxygen atoms in total. The van der Waals surface area contributed by atoms with E-state index in [2.05, 4.69) is 44.5 Å². The summed E-state index contributed by atoms with van der Waals surface area (Å²) in [5, 5.41) is 45.9. The van der Waals surface area contributed by atoms with Crippen LogP contribution in [0.1, 0.15) is 63.1 Å². The maximum atomic E-state index is 14.3. The first-order chi connectivity index (χ1) is 29.9. The van der Waals surface area contributed by atoms with E-state index in [0.29, 0.717) is 41.0 Å². The Morgan fingerprint density at radius 1 is 0.603 bits per heavy atom. The number of hydrogen-bond acceptors (Lipinski definition) is 11. The Morgan fingerprint density at radius 3 is 1.46 bits per heavy atom. The standard InChI is InChI=1S/C44H58ClN7O10S/c1-4-25(2)38(52-42(59)37(24-63)47-26(3)53)43(60)50-35(22-28-10-16-31(54)17-11-28)40(57)48-33(7-5-6-20-46)39(56)49-34(21-27-8-14-30(45)15-9-27)41(58)51-36(44(61)62)23-29-12-18-32(55)19-13-29/h8-19,25,33-38,54-55,63H,4-7,20-24,46H2,1-3H3,(H,47,53)(H,48,57)(H,49,56)(H,50,60)(H,51,58)(H,52,59)(H,61,62)/t25?,33-,34-,35-,36-,37-,38-/m0/s1. The van der Waals surface area contributed by atoms with Crippen molar-refractivity contribution < 1.29 is 48.9 Å². The van der Waals surface area contributed by atoms with Crippen LogP contribution in [0.5, 0.6) is 11.5 Å². The molecule has 0 aromatic heterocycles. The molecule has 0 bridgehead atoms. The van der Waals surface area contributed by atoms with E-state index in [0.717, 1.165) is 0 Å². The Labute approximate surface area is 377 Å². The number of rotatable bonds is 25. The van der Waals surface area contributed by atoms with Gasteiger partial charge in [0.25, 0.3) is 0 Å². The first kappa shape index (κ1) is 51.5. The van der Waals surface area contributed by atoms with Crippen LogP contribution in [0.2, 0.25) is 5.02 Å². The first-order valence-corrected chi connectivity index (χ1v) is 21.6. The molecular formula is C44H58ClN7O10S. The van der Waals surface area contributed by atoms with Crippen LogP contribution >= 0.6 is 24.2 Å². The van der Waals surface area contributed by atoms with Crippen molar-refractivity contribution in [2.24, 2.45) is 11.7 Å². The number of carboxylic acids is 1. The lowest BCUT2D eigenvalue weighted by molar-refractivity contribution is -0.142. The molecule has 0 radical (unpaired) electrons. The van der Waals surface area contributed by atoms with E-state index in [1.54, 1.807) is 43.3 Å². The molecule has 6 amide bonds. The second-order valence-electron chi connectivity index (χ2n) is 15.2. The van der Waals surface area contributed by atoms with Gasteiger partial charge in [0.05, 0.1) is 0 Å². The maximum Gasteiger partial charge on any atom is 0.326 e. The van der Waals surface area contributed by atoms with Gasteiger partial charge < -0.3 is 53.0 Å². The van der Waals surface area contributed by atoms with E-state index in [9.17, 15) is 48.9 Å². The summed E-state index contributed by atoms with van der Waals surface area (Å²) < 4.78 is 0. The zero-order valence-electron chi connectivity index (χ0n) is 35.4. The summed E-state index contributed by atoms with van der Waals surface area (Å²) in [5.41, 5.74) is 7.38. The summed E-state index contributed by atoms with van der Waals surface area (Å²) in [4.78, 5) is 93.8. The number of carbonyl (C=O) groups excluding carboxylic acids is 6. The van der Waals surface area contributed by atoms with Crippen LogP contribution in [0.4, 0.5) is 0 Å². The smallest absolute Gasteiger partial charge is 0.326 e. The minimum atomic E-state index is -1.42. The van der Waals surface area contributed by atoms with E-state index >= 15 is 0 Å². The number of aliphatic carboxylic acids is 1. The summed E-state index contributed by atoms with van der Waals surface area (Å²) in [6, 6.07) is 10.6. The number of nitrogens with two attached hydrogens (primary N) is 1. The van der Waals surface area contributed by atoms with Gasteiger partial charge in [0.1, 0.15) is 47.8 Å². The predicted molar refractivity (Wildman–Crippen MR) is 240 cm³/mol. The van der Waals surface area contributed by atoms with Gasteiger partial charge in [0.15, 0.2) is 0 Å². The fourth-order valence-electron chi connectivity index (χ4n) is 6.45. The number of hydrogen-bond donors (Lipinski definition) is 11. The Morgan fingerprint density at radius 2 is 1.02 bits per heavy atom. The molecule has 0 aliphatic rings. The molecule has 0 heterocycles. The molecule has 0 saturated heterocycles. The van der Waals surface area contributed by atoms with Gasteiger partial charge in [0, 0.05) is 37.0 Å². The average Bonchev–Trinajstić information content (AvgIpc) is 3.25. The second-order valence-corrected chi connectivity index (χ2v) is 16.0. The van der Waals surface area contributed by atoms with Crippen LogP contribution in [-0.2, 0) is 52.8 Å². The lowest BCUT2D eigenvalue weighted by Gasteiger charge is -2.29. The normalized spacial score (nSPS) is 14.3. The highest BCUT2D eigenvalue weighted by Crippen LogP contribution is 2.16. The number of thiol groups is 1. The lowest BCUT2D eigenvalue weighted by atomic mass is 9.96. The highest BCUT2D eigenvalue weighted by atomic mass is 35.5. The lowest BCUT2D eigenvalue weighted by Crippen LogP contribution is -2.61. The van der Waals surface area contributed by atoms with Crippen LogP contribution < -0.4 is 37.6 Å². The molecule has 0 aliphatic carbocycles. The minimum Gasteiger partial charge on any atom is -0.508 e. The number of benzene rings is 3. The number of halogens is 1. The van der Waals surface area contributed by atoms with Crippen LogP contribution in [0.25, 0.3) is 0 Å². The van der Waals surface area contributed by atoms with Gasteiger partial charge in [-0.3, -0.25) is 28.8 Å². The summed E-state index contributed by atoms with van der Waals surface area (Å²) in [7, 11) is 0. The van der Waals surface area contributed by atoms with Gasteiger partial charge >= 0.3 is 5.97 Å². The number of carbonyl (C=O) groups is 7. The summed E-state index contributed by atoms with van der Waals surface area (Å²) in [6.07, 6.45) is 0.999. The van der Waals surface area contributed by atoms with Gasteiger partial charge in [-0.05, 0) is 84.8 Å². The van der Waals surface area contributed by atoms with Gasteiger partial charge in [-0.2, -0.15) is 12.6 Å². The minimum absolute atomic E-state index is 0.0239. The molecule has 0 aliphatic heterocycles. The molecule has 0 fully saturated rings. The van der Waals surface area contributed by atoms with Crippen molar-refractivity contribution in [3.05, 3.63) is 94.5 Å². The Balaban J connectivity index is 1.95. The second kappa shape index (κ2) is 25.9. The van der Waals surface area contributed by atoms with Gasteiger partial charge in [-0.25, -0.2) is 4.79 Å². The number of phenols is 2. The zero-order chi connectivity index (χ0) is 46.6. The van der Waals surface area contributed by atoms with E-state index < -0.39 is 83.6 Å². The van der Waals surface area contributed by atoms with E-state index in [1.807, 2.05) is 6.92 Å².